The Hall–Kier alpha value is -2.48. The summed E-state index contributed by atoms with van der Waals surface area (Å²) in [4.78, 5) is 32.0. The van der Waals surface area contributed by atoms with E-state index in [9.17, 15) is 14.0 Å². The molecule has 0 saturated heterocycles. The van der Waals surface area contributed by atoms with Crippen LogP contribution in [0.4, 0.5) is 10.2 Å². The summed E-state index contributed by atoms with van der Waals surface area (Å²) in [6, 6.07) is 5.31. The summed E-state index contributed by atoms with van der Waals surface area (Å²) in [5.74, 6) is -1.19. The number of hydrogen-bond donors (Lipinski definition) is 1. The van der Waals surface area contributed by atoms with Crippen molar-refractivity contribution in [3.05, 3.63) is 47.4 Å². The van der Waals surface area contributed by atoms with E-state index in [1.807, 2.05) is 0 Å². The molecule has 2 N–H and O–H groups in total. The van der Waals surface area contributed by atoms with Gasteiger partial charge in [-0.15, -0.1) is 0 Å². The maximum Gasteiger partial charge on any atom is 0.343 e. The van der Waals surface area contributed by atoms with Crippen LogP contribution in [0, 0.1) is 5.82 Å². The first-order valence-corrected chi connectivity index (χ1v) is 8.06. The number of esters is 1. The first-order chi connectivity index (χ1) is 11.4. The lowest BCUT2D eigenvalue weighted by atomic mass is 10.1. The third-order valence-electron chi connectivity index (χ3n) is 3.07. The molecule has 0 unspecified atom stereocenters. The fraction of sp³-hybridized carbons (Fsp3) is 0.250. The zero-order valence-electron chi connectivity index (χ0n) is 13.2. The molecule has 1 heterocycles. The van der Waals surface area contributed by atoms with Crippen molar-refractivity contribution < 1.29 is 18.7 Å². The molecule has 0 aliphatic heterocycles. The molecule has 8 heteroatoms. The topological polar surface area (TPSA) is 95.2 Å². The summed E-state index contributed by atoms with van der Waals surface area (Å²) in [6.07, 6.45) is 1.28. The highest BCUT2D eigenvalue weighted by atomic mass is 32.2. The lowest BCUT2D eigenvalue weighted by molar-refractivity contribution is 0.0526. The Balaban J connectivity index is 2.10. The van der Waals surface area contributed by atoms with Crippen molar-refractivity contribution in [1.29, 1.82) is 0 Å². The summed E-state index contributed by atoms with van der Waals surface area (Å²) in [5.41, 5.74) is 6.22. The van der Waals surface area contributed by atoms with Gasteiger partial charge in [0.2, 0.25) is 0 Å². The van der Waals surface area contributed by atoms with Crippen LogP contribution in [0.15, 0.2) is 35.6 Å². The average Bonchev–Trinajstić information content (AvgIpc) is 2.55. The van der Waals surface area contributed by atoms with Crippen LogP contribution in [0.25, 0.3) is 0 Å². The molecule has 0 aliphatic carbocycles. The second-order valence-electron chi connectivity index (χ2n) is 4.80. The monoisotopic (exact) mass is 349 g/mol. The number of ether oxygens (including phenoxy) is 1. The molecule has 0 amide bonds. The minimum atomic E-state index is -0.595. The number of carbonyl (C=O) groups is 2. The fourth-order valence-corrected chi connectivity index (χ4v) is 2.69. The van der Waals surface area contributed by atoms with Gasteiger partial charge < -0.3 is 10.5 Å². The van der Waals surface area contributed by atoms with E-state index in [1.54, 1.807) is 13.8 Å². The molecule has 0 spiro atoms. The van der Waals surface area contributed by atoms with Crippen molar-refractivity contribution in [2.75, 3.05) is 12.3 Å². The van der Waals surface area contributed by atoms with Gasteiger partial charge in [-0.1, -0.05) is 11.8 Å². The largest absolute Gasteiger partial charge is 0.462 e. The van der Waals surface area contributed by atoms with E-state index in [0.29, 0.717) is 5.56 Å². The number of thioether (sulfide) groups is 1. The van der Waals surface area contributed by atoms with E-state index in [0.717, 1.165) is 11.8 Å². The van der Waals surface area contributed by atoms with Crippen LogP contribution in [0.2, 0.25) is 0 Å². The molecule has 24 heavy (non-hydrogen) atoms. The van der Waals surface area contributed by atoms with Gasteiger partial charge >= 0.3 is 5.97 Å². The molecule has 2 rings (SSSR count). The van der Waals surface area contributed by atoms with Gasteiger partial charge in [0, 0.05) is 11.8 Å². The molecular weight excluding hydrogens is 333 g/mol. The van der Waals surface area contributed by atoms with Crippen molar-refractivity contribution >= 4 is 29.3 Å². The minimum Gasteiger partial charge on any atom is -0.462 e. The number of nitrogens with two attached hydrogens (primary N) is 1. The van der Waals surface area contributed by atoms with Gasteiger partial charge in [-0.05, 0) is 38.1 Å². The predicted molar refractivity (Wildman–Crippen MR) is 88.5 cm³/mol. The summed E-state index contributed by atoms with van der Waals surface area (Å²) >= 11 is 1.10. The van der Waals surface area contributed by atoms with Crippen LogP contribution in [-0.2, 0) is 4.74 Å². The number of benzene rings is 1. The van der Waals surface area contributed by atoms with Gasteiger partial charge in [0.1, 0.15) is 17.2 Å². The highest BCUT2D eigenvalue weighted by Crippen LogP contribution is 2.24. The number of rotatable bonds is 6. The fourth-order valence-electron chi connectivity index (χ4n) is 1.86. The Kier molecular flexibility index (Phi) is 5.86. The number of Topliss-reactive ketones (excluding diaryl/α,β-unsaturated/α-hetero) is 1. The molecule has 1 aromatic carbocycles. The molecule has 6 nitrogen and oxygen atoms in total. The first kappa shape index (κ1) is 17.9. The second kappa shape index (κ2) is 7.87. The van der Waals surface area contributed by atoms with Gasteiger partial charge in [0.15, 0.2) is 10.9 Å². The molecule has 126 valence electrons. The molecule has 0 fully saturated rings. The van der Waals surface area contributed by atoms with Gasteiger partial charge in [0.25, 0.3) is 0 Å². The van der Waals surface area contributed by atoms with Crippen LogP contribution in [0.5, 0.6) is 0 Å². The van der Waals surface area contributed by atoms with Gasteiger partial charge in [-0.25, -0.2) is 19.2 Å². The van der Waals surface area contributed by atoms with E-state index >= 15 is 0 Å². The number of halogens is 1. The molecule has 0 aliphatic rings. The van der Waals surface area contributed by atoms with E-state index in [2.05, 4.69) is 9.97 Å². The molecule has 0 saturated carbocycles. The molecular formula is C16H16FN3O3S. The van der Waals surface area contributed by atoms with E-state index in [4.69, 9.17) is 10.5 Å². The number of anilines is 1. The Morgan fingerprint density at radius 1 is 1.33 bits per heavy atom. The normalized spacial score (nSPS) is 11.8. The summed E-state index contributed by atoms with van der Waals surface area (Å²) in [5, 5.41) is -0.230. The van der Waals surface area contributed by atoms with Crippen molar-refractivity contribution in [2.45, 2.75) is 24.3 Å². The van der Waals surface area contributed by atoms with Crippen LogP contribution in [0.3, 0.4) is 0 Å². The summed E-state index contributed by atoms with van der Waals surface area (Å²) in [6.45, 7) is 3.59. The zero-order chi connectivity index (χ0) is 17.7. The number of aromatic nitrogens is 2. The van der Waals surface area contributed by atoms with Crippen molar-refractivity contribution in [2.24, 2.45) is 0 Å². The van der Waals surface area contributed by atoms with Gasteiger partial charge in [-0.2, -0.15) is 0 Å². The summed E-state index contributed by atoms with van der Waals surface area (Å²) < 4.78 is 17.8. The Morgan fingerprint density at radius 3 is 2.58 bits per heavy atom. The van der Waals surface area contributed by atoms with Gasteiger partial charge in [0.05, 0.1) is 11.9 Å². The lowest BCUT2D eigenvalue weighted by Crippen LogP contribution is -2.15. The molecule has 2 aromatic rings. The SMILES string of the molecule is CCOC(=O)c1cnc(S[C@H](C)C(=O)c2ccc(F)cc2)nc1N. The quantitative estimate of drug-likeness (QED) is 0.371. The van der Waals surface area contributed by atoms with E-state index in [-0.39, 0.29) is 28.9 Å². The predicted octanol–water partition coefficient (Wildman–Crippen LogP) is 2.74. The van der Waals surface area contributed by atoms with Crippen LogP contribution in [0.1, 0.15) is 34.6 Å². The van der Waals surface area contributed by atoms with Crippen LogP contribution in [-0.4, -0.2) is 33.6 Å². The Bertz CT molecular complexity index is 753. The lowest BCUT2D eigenvalue weighted by Gasteiger charge is -2.10. The number of carbonyl (C=O) groups excluding carboxylic acids is 2. The molecule has 0 radical (unpaired) electrons. The Morgan fingerprint density at radius 2 is 2.00 bits per heavy atom. The third-order valence-corrected chi connectivity index (χ3v) is 4.05. The highest BCUT2D eigenvalue weighted by molar-refractivity contribution is 8.00. The maximum absolute atomic E-state index is 12.9. The van der Waals surface area contributed by atoms with Crippen LogP contribution < -0.4 is 5.73 Å². The average molecular weight is 349 g/mol. The van der Waals surface area contributed by atoms with E-state index < -0.39 is 17.0 Å². The van der Waals surface area contributed by atoms with Crippen LogP contribution >= 0.6 is 11.8 Å². The molecule has 1 atom stereocenters. The minimum absolute atomic E-state index is 0.00705. The highest BCUT2D eigenvalue weighted by Gasteiger charge is 2.20. The standard InChI is InChI=1S/C16H16FN3O3S/c1-3-23-15(22)12-8-19-16(20-14(12)18)24-9(2)13(21)10-4-6-11(17)7-5-10/h4-9H,3H2,1-2H3,(H2,18,19,20)/t9-/m1/s1. The first-order valence-electron chi connectivity index (χ1n) is 7.18. The van der Waals surface area contributed by atoms with Gasteiger partial charge in [-0.3, -0.25) is 4.79 Å². The second-order valence-corrected chi connectivity index (χ2v) is 6.11. The number of nitrogens with zero attached hydrogens (tertiary/aromatic N) is 2. The van der Waals surface area contributed by atoms with Crippen molar-refractivity contribution in [3.63, 3.8) is 0 Å². The Labute approximate surface area is 142 Å². The number of hydrogen-bond acceptors (Lipinski definition) is 7. The van der Waals surface area contributed by atoms with Crippen molar-refractivity contribution in [3.8, 4) is 0 Å². The molecule has 0 bridgehead atoms. The number of nitrogen functional groups attached to an aromatic ring is 1. The summed E-state index contributed by atoms with van der Waals surface area (Å²) in [7, 11) is 0. The smallest absolute Gasteiger partial charge is 0.343 e. The number of ketones is 1. The molecule has 1 aromatic heterocycles. The third kappa shape index (κ3) is 4.29. The zero-order valence-corrected chi connectivity index (χ0v) is 14.0. The van der Waals surface area contributed by atoms with Crippen molar-refractivity contribution in [1.82, 2.24) is 9.97 Å². The maximum atomic E-state index is 12.9. The van der Waals surface area contributed by atoms with E-state index in [1.165, 1.54) is 30.5 Å².